The third kappa shape index (κ3) is 3.08. The van der Waals surface area contributed by atoms with Crippen LogP contribution < -0.4 is 5.73 Å². The second kappa shape index (κ2) is 6.48. The van der Waals surface area contributed by atoms with Gasteiger partial charge in [0, 0.05) is 6.54 Å². The van der Waals surface area contributed by atoms with E-state index < -0.39 is 7.12 Å². The molecule has 0 atom stereocenters. The van der Waals surface area contributed by atoms with Crippen molar-refractivity contribution < 1.29 is 9.31 Å². The first-order valence-electron chi connectivity index (χ1n) is 9.49. The molecular weight excluding hydrogens is 333 g/mol. The van der Waals surface area contributed by atoms with Crippen LogP contribution in [0.3, 0.4) is 0 Å². The summed E-state index contributed by atoms with van der Waals surface area (Å²) in [5.74, 6) is 0. The second-order valence-corrected chi connectivity index (χ2v) is 8.24. The molecule has 4 heteroatoms. The zero-order chi connectivity index (χ0) is 19.2. The quantitative estimate of drug-likeness (QED) is 0.531. The summed E-state index contributed by atoms with van der Waals surface area (Å²) in [5.41, 5.74) is 7.49. The minimum absolute atomic E-state index is 0.382. The van der Waals surface area contributed by atoms with E-state index in [1.54, 1.807) is 0 Å². The van der Waals surface area contributed by atoms with Gasteiger partial charge in [-0.05, 0) is 66.3 Å². The van der Waals surface area contributed by atoms with Crippen molar-refractivity contribution in [3.63, 3.8) is 0 Å². The van der Waals surface area contributed by atoms with Gasteiger partial charge < -0.3 is 15.0 Å². The molecule has 0 amide bonds. The highest BCUT2D eigenvalue weighted by Crippen LogP contribution is 2.39. The first kappa shape index (κ1) is 18.2. The molecule has 1 heterocycles. The van der Waals surface area contributed by atoms with Gasteiger partial charge >= 0.3 is 7.12 Å². The van der Waals surface area contributed by atoms with Crippen LogP contribution in [0.25, 0.3) is 27.6 Å². The van der Waals surface area contributed by atoms with Crippen molar-refractivity contribution in [3.8, 4) is 0 Å². The molecule has 3 nitrogen and oxygen atoms in total. The molecule has 0 bridgehead atoms. The highest BCUT2D eigenvalue weighted by molar-refractivity contribution is 6.56. The monoisotopic (exact) mass is 359 g/mol. The molecular formula is C23H26BNO2. The van der Waals surface area contributed by atoms with Gasteiger partial charge in [0.25, 0.3) is 0 Å². The third-order valence-electron chi connectivity index (χ3n) is 5.93. The Morgan fingerprint density at radius 1 is 0.889 bits per heavy atom. The maximum Gasteiger partial charge on any atom is 0.491 e. The number of fused-ring (bicyclic) bond motifs is 2. The van der Waals surface area contributed by atoms with Gasteiger partial charge in [0.15, 0.2) is 0 Å². The van der Waals surface area contributed by atoms with Crippen molar-refractivity contribution in [2.45, 2.75) is 38.9 Å². The van der Waals surface area contributed by atoms with E-state index in [0.29, 0.717) is 6.54 Å². The Kier molecular flexibility index (Phi) is 4.38. The Morgan fingerprint density at radius 2 is 1.37 bits per heavy atom. The largest absolute Gasteiger partial charge is 0.491 e. The minimum Gasteiger partial charge on any atom is -0.400 e. The molecule has 1 fully saturated rings. The predicted molar refractivity (Wildman–Crippen MR) is 115 cm³/mol. The number of benzene rings is 3. The molecule has 0 spiro atoms. The summed E-state index contributed by atoms with van der Waals surface area (Å²) < 4.78 is 12.5. The molecule has 0 unspecified atom stereocenters. The first-order chi connectivity index (χ1) is 12.8. The summed E-state index contributed by atoms with van der Waals surface area (Å²) in [6.45, 7) is 8.64. The smallest absolute Gasteiger partial charge is 0.400 e. The lowest BCUT2D eigenvalue weighted by atomic mass is 9.76. The summed E-state index contributed by atoms with van der Waals surface area (Å²) >= 11 is 0. The maximum atomic E-state index is 6.24. The lowest BCUT2D eigenvalue weighted by molar-refractivity contribution is 0.00578. The van der Waals surface area contributed by atoms with Gasteiger partial charge in [0.05, 0.1) is 11.2 Å². The molecule has 1 saturated heterocycles. The van der Waals surface area contributed by atoms with Gasteiger partial charge in [0.2, 0.25) is 0 Å². The van der Waals surface area contributed by atoms with Crippen LogP contribution in [0.2, 0.25) is 0 Å². The molecule has 3 aromatic rings. The van der Waals surface area contributed by atoms with Crippen molar-refractivity contribution >= 4 is 34.7 Å². The Bertz CT molecular complexity index is 969. The van der Waals surface area contributed by atoms with E-state index in [2.05, 4.69) is 88.4 Å². The second-order valence-electron chi connectivity index (χ2n) is 8.24. The standard InChI is InChI=1S/C23H26BNO2/c1-22(2)23(3,4)27-24(26-22)18(15-25)14-21-19-11-7-5-9-16(19)13-17-10-6-8-12-20(17)21/h5-14H,15,25H2,1-4H3. The SMILES string of the molecule is CC1(C)OB(C(=Cc2c3ccccc3cc3ccccc23)CN)OC1(C)C. The first-order valence-corrected chi connectivity index (χ1v) is 9.49. The summed E-state index contributed by atoms with van der Waals surface area (Å²) in [7, 11) is -0.433. The molecule has 0 aromatic heterocycles. The van der Waals surface area contributed by atoms with Gasteiger partial charge in [-0.3, -0.25) is 0 Å². The molecule has 4 rings (SSSR count). The zero-order valence-electron chi connectivity index (χ0n) is 16.5. The van der Waals surface area contributed by atoms with Crippen LogP contribution in [0.15, 0.2) is 60.1 Å². The minimum atomic E-state index is -0.433. The van der Waals surface area contributed by atoms with Crippen LogP contribution in [0.1, 0.15) is 33.3 Å². The normalized spacial score (nSPS) is 19.1. The topological polar surface area (TPSA) is 44.5 Å². The Morgan fingerprint density at radius 3 is 1.85 bits per heavy atom. The molecule has 1 aliphatic rings. The number of nitrogens with two attached hydrogens (primary N) is 1. The van der Waals surface area contributed by atoms with E-state index in [-0.39, 0.29) is 11.2 Å². The van der Waals surface area contributed by atoms with Gasteiger partial charge in [-0.25, -0.2) is 0 Å². The molecule has 27 heavy (non-hydrogen) atoms. The number of rotatable bonds is 3. The van der Waals surface area contributed by atoms with Crippen LogP contribution in [0.5, 0.6) is 0 Å². The van der Waals surface area contributed by atoms with Gasteiger partial charge in [0.1, 0.15) is 0 Å². The zero-order valence-corrected chi connectivity index (χ0v) is 16.5. The summed E-state index contributed by atoms with van der Waals surface area (Å²) in [6.07, 6.45) is 2.16. The van der Waals surface area contributed by atoms with Crippen LogP contribution in [-0.4, -0.2) is 24.9 Å². The highest BCUT2D eigenvalue weighted by atomic mass is 16.7. The highest BCUT2D eigenvalue weighted by Gasteiger charge is 2.52. The fourth-order valence-electron chi connectivity index (χ4n) is 3.61. The van der Waals surface area contributed by atoms with Gasteiger partial charge in [-0.15, -0.1) is 0 Å². The molecule has 0 saturated carbocycles. The lowest BCUT2D eigenvalue weighted by Gasteiger charge is -2.32. The van der Waals surface area contributed by atoms with Crippen LogP contribution >= 0.6 is 0 Å². The fourth-order valence-corrected chi connectivity index (χ4v) is 3.61. The van der Waals surface area contributed by atoms with E-state index in [1.807, 2.05) is 0 Å². The van der Waals surface area contributed by atoms with Crippen LogP contribution in [-0.2, 0) is 9.31 Å². The van der Waals surface area contributed by atoms with E-state index in [4.69, 9.17) is 15.0 Å². The Balaban J connectivity index is 1.90. The van der Waals surface area contributed by atoms with Crippen molar-refractivity contribution in [2.24, 2.45) is 5.73 Å². The number of hydrogen-bond acceptors (Lipinski definition) is 3. The van der Waals surface area contributed by atoms with Crippen LogP contribution in [0, 0.1) is 0 Å². The Labute approximate surface area is 161 Å². The van der Waals surface area contributed by atoms with Crippen molar-refractivity contribution in [1.29, 1.82) is 0 Å². The van der Waals surface area contributed by atoms with E-state index >= 15 is 0 Å². The Hall–Kier alpha value is -2.14. The molecule has 1 aliphatic heterocycles. The van der Waals surface area contributed by atoms with Gasteiger partial charge in [-0.2, -0.15) is 0 Å². The third-order valence-corrected chi connectivity index (χ3v) is 5.93. The summed E-state index contributed by atoms with van der Waals surface area (Å²) in [6, 6.07) is 19.1. The van der Waals surface area contributed by atoms with Crippen LogP contribution in [0.4, 0.5) is 0 Å². The van der Waals surface area contributed by atoms with E-state index in [0.717, 1.165) is 5.47 Å². The average molecular weight is 359 g/mol. The lowest BCUT2D eigenvalue weighted by Crippen LogP contribution is -2.41. The van der Waals surface area contributed by atoms with Crippen molar-refractivity contribution in [2.75, 3.05) is 6.54 Å². The molecule has 2 N–H and O–H groups in total. The van der Waals surface area contributed by atoms with Gasteiger partial charge in [-0.1, -0.05) is 54.6 Å². The van der Waals surface area contributed by atoms with E-state index in [1.165, 1.54) is 27.1 Å². The molecule has 138 valence electrons. The summed E-state index contributed by atoms with van der Waals surface area (Å²) in [5, 5.41) is 4.85. The predicted octanol–water partition coefficient (Wildman–Crippen LogP) is 4.97. The van der Waals surface area contributed by atoms with Crippen molar-refractivity contribution in [1.82, 2.24) is 0 Å². The fraction of sp³-hybridized carbons (Fsp3) is 0.304. The molecule has 0 radical (unpaired) electrons. The number of hydrogen-bond donors (Lipinski definition) is 1. The average Bonchev–Trinajstić information content (AvgIpc) is 2.86. The molecule has 0 aliphatic carbocycles. The summed E-state index contributed by atoms with van der Waals surface area (Å²) in [4.78, 5) is 0. The van der Waals surface area contributed by atoms with Crippen molar-refractivity contribution in [3.05, 3.63) is 65.6 Å². The maximum absolute atomic E-state index is 6.24. The van der Waals surface area contributed by atoms with E-state index in [9.17, 15) is 0 Å². The molecule has 3 aromatic carbocycles.